The zero-order valence-electron chi connectivity index (χ0n) is 17.8. The second-order valence-corrected chi connectivity index (χ2v) is 10.3. The van der Waals surface area contributed by atoms with Gasteiger partial charge in [0.05, 0.1) is 13.2 Å². The third-order valence-corrected chi connectivity index (χ3v) is 7.40. The highest BCUT2D eigenvalue weighted by atomic mass is 32.2. The molecule has 0 saturated carbocycles. The van der Waals surface area contributed by atoms with E-state index in [2.05, 4.69) is 36.3 Å². The van der Waals surface area contributed by atoms with E-state index in [1.165, 1.54) is 19.3 Å². The van der Waals surface area contributed by atoms with Gasteiger partial charge in [0.25, 0.3) is 0 Å². The predicted octanol–water partition coefficient (Wildman–Crippen LogP) is 2.74. The molecule has 2 aromatic rings. The molecule has 1 aromatic carbocycles. The van der Waals surface area contributed by atoms with Gasteiger partial charge in [-0.25, -0.2) is 4.68 Å². The van der Waals surface area contributed by atoms with Gasteiger partial charge in [-0.3, -0.25) is 4.79 Å². The van der Waals surface area contributed by atoms with Crippen molar-refractivity contribution in [3.63, 3.8) is 0 Å². The van der Waals surface area contributed by atoms with Gasteiger partial charge in [-0.2, -0.15) is 0 Å². The Labute approximate surface area is 181 Å². The van der Waals surface area contributed by atoms with Gasteiger partial charge in [-0.05, 0) is 48.4 Å². The minimum atomic E-state index is -0.432. The maximum atomic E-state index is 12.4. The quantitative estimate of drug-likeness (QED) is 0.482. The van der Waals surface area contributed by atoms with E-state index in [-0.39, 0.29) is 22.1 Å². The zero-order chi connectivity index (χ0) is 21.3. The fraction of sp³-hybridized carbons (Fsp3) is 0.619. The molecule has 162 valence electrons. The summed E-state index contributed by atoms with van der Waals surface area (Å²) in [5.41, 5.74) is 7.07. The number of β-lactam (4-membered cyclic amide) rings is 1. The van der Waals surface area contributed by atoms with Crippen molar-refractivity contribution in [1.82, 2.24) is 25.1 Å². The maximum Gasteiger partial charge on any atom is 0.244 e. The van der Waals surface area contributed by atoms with Gasteiger partial charge in [0, 0.05) is 4.75 Å². The topological polar surface area (TPSA) is 99.2 Å². The summed E-state index contributed by atoms with van der Waals surface area (Å²) in [6.45, 7) is 7.72. The number of aromatic nitrogens is 4. The zero-order valence-corrected chi connectivity index (χ0v) is 18.6. The highest BCUT2D eigenvalue weighted by Gasteiger charge is 2.62. The lowest BCUT2D eigenvalue weighted by Crippen LogP contribution is -2.65. The Hall–Kier alpha value is -2.13. The summed E-state index contributed by atoms with van der Waals surface area (Å²) in [6, 6.07) is 7.42. The van der Waals surface area contributed by atoms with E-state index in [0.29, 0.717) is 12.4 Å². The van der Waals surface area contributed by atoms with Crippen molar-refractivity contribution in [1.29, 1.82) is 0 Å². The van der Waals surface area contributed by atoms with Crippen LogP contribution in [0.25, 0.3) is 0 Å². The van der Waals surface area contributed by atoms with E-state index >= 15 is 0 Å². The van der Waals surface area contributed by atoms with Gasteiger partial charge in [0.15, 0.2) is 5.82 Å². The Morgan fingerprint density at radius 1 is 1.20 bits per heavy atom. The van der Waals surface area contributed by atoms with E-state index in [0.717, 1.165) is 24.3 Å². The van der Waals surface area contributed by atoms with E-state index in [9.17, 15) is 4.79 Å². The number of nitrogens with two attached hydrogens (primary N) is 1. The number of thioether (sulfide) groups is 1. The molecule has 1 amide bonds. The first-order valence-corrected chi connectivity index (χ1v) is 11.5. The van der Waals surface area contributed by atoms with Crippen LogP contribution < -0.4 is 10.5 Å². The van der Waals surface area contributed by atoms with Gasteiger partial charge in [-0.15, -0.1) is 16.9 Å². The summed E-state index contributed by atoms with van der Waals surface area (Å²) in [5.74, 6) is 1.55. The van der Waals surface area contributed by atoms with E-state index in [1.807, 2.05) is 29.2 Å². The van der Waals surface area contributed by atoms with Crippen LogP contribution in [0.1, 0.15) is 63.9 Å². The second kappa shape index (κ2) is 8.55. The molecule has 0 aliphatic carbocycles. The Morgan fingerprint density at radius 3 is 2.70 bits per heavy atom. The van der Waals surface area contributed by atoms with Crippen LogP contribution in [0.4, 0.5) is 0 Å². The Bertz CT molecular complexity index is 884. The Morgan fingerprint density at radius 2 is 1.97 bits per heavy atom. The minimum Gasteiger partial charge on any atom is -0.494 e. The standard InChI is InChI=1S/C21H30N6O2S/c1-4-5-6-7-12-29-15-10-8-14(9-11-15)13-26-18(23-24-25-26)17-21(2,3)30-20-16(22)19(28)27(17)20/h8-11,16-17,20H,4-7,12-13,22H2,1-3H3/t16?,17?,20-/m1/s1. The van der Waals surface area contributed by atoms with Gasteiger partial charge in [0.2, 0.25) is 5.91 Å². The first-order chi connectivity index (χ1) is 14.4. The number of amides is 1. The molecular weight excluding hydrogens is 400 g/mol. The van der Waals surface area contributed by atoms with Crippen LogP contribution in [0.5, 0.6) is 5.75 Å². The molecule has 3 heterocycles. The van der Waals surface area contributed by atoms with Gasteiger partial charge in [0.1, 0.15) is 23.2 Å². The average Bonchev–Trinajstić information content (AvgIpc) is 3.28. The molecule has 30 heavy (non-hydrogen) atoms. The van der Waals surface area contributed by atoms with Crippen LogP contribution in [0.2, 0.25) is 0 Å². The molecule has 8 nitrogen and oxygen atoms in total. The van der Waals surface area contributed by atoms with Crippen LogP contribution >= 0.6 is 11.8 Å². The first-order valence-electron chi connectivity index (χ1n) is 10.7. The monoisotopic (exact) mass is 430 g/mol. The number of rotatable bonds is 9. The summed E-state index contributed by atoms with van der Waals surface area (Å²) in [6.07, 6.45) is 4.77. The molecule has 2 aliphatic rings. The maximum absolute atomic E-state index is 12.4. The minimum absolute atomic E-state index is 0.00333. The first kappa shape index (κ1) is 21.1. The van der Waals surface area contributed by atoms with Gasteiger partial charge in [-0.1, -0.05) is 38.3 Å². The highest BCUT2D eigenvalue weighted by molar-refractivity contribution is 8.01. The molecule has 2 saturated heterocycles. The number of hydrogen-bond acceptors (Lipinski definition) is 7. The van der Waals surface area contributed by atoms with E-state index in [1.54, 1.807) is 16.4 Å². The normalized spacial score (nSPS) is 24.6. The molecule has 9 heteroatoms. The van der Waals surface area contributed by atoms with Crippen molar-refractivity contribution in [2.45, 2.75) is 75.2 Å². The molecule has 2 unspecified atom stereocenters. The van der Waals surface area contributed by atoms with Crippen LogP contribution in [-0.4, -0.2) is 53.8 Å². The van der Waals surface area contributed by atoms with Crippen molar-refractivity contribution in [2.24, 2.45) is 5.73 Å². The molecule has 2 fully saturated rings. The largest absolute Gasteiger partial charge is 0.494 e. The van der Waals surface area contributed by atoms with Gasteiger partial charge < -0.3 is 15.4 Å². The average molecular weight is 431 g/mol. The summed E-state index contributed by atoms with van der Waals surface area (Å²) in [5, 5.41) is 12.4. The fourth-order valence-electron chi connectivity index (χ4n) is 4.16. The molecular formula is C21H30N6O2S. The number of nitrogens with zero attached hydrogens (tertiary/aromatic N) is 5. The summed E-state index contributed by atoms with van der Waals surface area (Å²) in [4.78, 5) is 14.2. The lowest BCUT2D eigenvalue weighted by molar-refractivity contribution is -0.147. The lowest BCUT2D eigenvalue weighted by Gasteiger charge is -2.42. The number of hydrogen-bond donors (Lipinski definition) is 1. The summed E-state index contributed by atoms with van der Waals surface area (Å²) in [7, 11) is 0. The SMILES string of the molecule is CCCCCCOc1ccc(Cn2nnnc2C2N3C(=O)C(N)[C@H]3SC2(C)C)cc1. The third-order valence-electron chi connectivity index (χ3n) is 5.81. The van der Waals surface area contributed by atoms with Gasteiger partial charge >= 0.3 is 0 Å². The molecule has 0 bridgehead atoms. The molecule has 3 atom stereocenters. The van der Waals surface area contributed by atoms with E-state index in [4.69, 9.17) is 10.5 Å². The number of unbranched alkanes of at least 4 members (excludes halogenated alkanes) is 3. The van der Waals surface area contributed by atoms with Crippen LogP contribution in [0.15, 0.2) is 24.3 Å². The number of carbonyl (C=O) groups excluding carboxylic acids is 1. The Balaban J connectivity index is 1.42. The second-order valence-electron chi connectivity index (χ2n) is 8.53. The van der Waals surface area contributed by atoms with E-state index < -0.39 is 6.04 Å². The summed E-state index contributed by atoms with van der Waals surface area (Å²) >= 11 is 1.72. The van der Waals surface area contributed by atoms with Crippen molar-refractivity contribution < 1.29 is 9.53 Å². The van der Waals surface area contributed by atoms with Crippen LogP contribution in [0, 0.1) is 0 Å². The number of carbonyl (C=O) groups is 1. The fourth-order valence-corrected chi connectivity index (χ4v) is 5.74. The predicted molar refractivity (Wildman–Crippen MR) is 116 cm³/mol. The number of tetrazole rings is 1. The number of fused-ring (bicyclic) bond motifs is 1. The molecule has 4 rings (SSSR count). The number of ether oxygens (including phenoxy) is 1. The molecule has 2 aliphatic heterocycles. The highest BCUT2D eigenvalue weighted by Crippen LogP contribution is 2.56. The third kappa shape index (κ3) is 3.92. The Kier molecular flexibility index (Phi) is 6.02. The van der Waals surface area contributed by atoms with Crippen LogP contribution in [0.3, 0.4) is 0 Å². The summed E-state index contributed by atoms with van der Waals surface area (Å²) < 4.78 is 7.40. The van der Waals surface area contributed by atoms with Crippen molar-refractivity contribution >= 4 is 17.7 Å². The molecule has 2 N–H and O–H groups in total. The van der Waals surface area contributed by atoms with Crippen LogP contribution in [-0.2, 0) is 11.3 Å². The van der Waals surface area contributed by atoms with Crippen molar-refractivity contribution in [3.8, 4) is 5.75 Å². The smallest absolute Gasteiger partial charge is 0.244 e. The number of benzene rings is 1. The van der Waals surface area contributed by atoms with Crippen molar-refractivity contribution in [2.75, 3.05) is 6.61 Å². The van der Waals surface area contributed by atoms with Crippen molar-refractivity contribution in [3.05, 3.63) is 35.7 Å². The molecule has 0 radical (unpaired) electrons. The molecule has 0 spiro atoms. The lowest BCUT2D eigenvalue weighted by atomic mass is 9.95. The molecule has 1 aromatic heterocycles.